The number of aryl methyl sites for hydroxylation is 1. The molecular weight excluding hydrogens is 248 g/mol. The van der Waals surface area contributed by atoms with Crippen molar-refractivity contribution >= 4 is 11.3 Å². The van der Waals surface area contributed by atoms with Gasteiger partial charge in [-0.3, -0.25) is 0 Å². The molecule has 0 aromatic carbocycles. The van der Waals surface area contributed by atoms with Crippen molar-refractivity contribution in [3.8, 4) is 0 Å². The third-order valence-corrected chi connectivity index (χ3v) is 4.40. The summed E-state index contributed by atoms with van der Waals surface area (Å²) in [5.41, 5.74) is 1.09. The third kappa shape index (κ3) is 4.31. The summed E-state index contributed by atoms with van der Waals surface area (Å²) in [6.07, 6.45) is -0.463. The van der Waals surface area contributed by atoms with Crippen LogP contribution in [0.1, 0.15) is 48.3 Å². The molecule has 1 aromatic heterocycles. The van der Waals surface area contributed by atoms with Crippen LogP contribution >= 0.6 is 11.3 Å². The number of aliphatic hydroxyl groups is 1. The minimum Gasteiger partial charge on any atom is -0.389 e. The smallest absolute Gasteiger partial charge is 0.0956 e. The summed E-state index contributed by atoms with van der Waals surface area (Å²) in [5, 5.41) is 14.1. The zero-order chi connectivity index (χ0) is 13.7. The quantitative estimate of drug-likeness (QED) is 0.799. The Kier molecular flexibility index (Phi) is 6.21. The van der Waals surface area contributed by atoms with E-state index in [1.807, 2.05) is 6.92 Å². The molecule has 0 saturated carbocycles. The molecule has 0 aliphatic carbocycles. The van der Waals surface area contributed by atoms with E-state index in [1.54, 1.807) is 18.4 Å². The number of rotatable bonds is 7. The van der Waals surface area contributed by atoms with Gasteiger partial charge < -0.3 is 15.2 Å². The van der Waals surface area contributed by atoms with Crippen molar-refractivity contribution in [2.75, 3.05) is 20.3 Å². The summed E-state index contributed by atoms with van der Waals surface area (Å²) >= 11 is 1.75. The van der Waals surface area contributed by atoms with Gasteiger partial charge in [0.1, 0.15) is 0 Å². The fourth-order valence-corrected chi connectivity index (χ4v) is 2.83. The van der Waals surface area contributed by atoms with Gasteiger partial charge in [-0.25, -0.2) is 4.98 Å². The third-order valence-electron chi connectivity index (χ3n) is 2.75. The first-order valence-corrected chi connectivity index (χ1v) is 7.15. The van der Waals surface area contributed by atoms with E-state index >= 15 is 0 Å². The summed E-state index contributed by atoms with van der Waals surface area (Å²) in [7, 11) is 1.59. The van der Waals surface area contributed by atoms with Gasteiger partial charge in [-0.15, -0.1) is 11.3 Å². The van der Waals surface area contributed by atoms with E-state index < -0.39 is 6.10 Å². The van der Waals surface area contributed by atoms with Crippen LogP contribution in [0.3, 0.4) is 0 Å². The van der Waals surface area contributed by atoms with Crippen molar-refractivity contribution < 1.29 is 9.84 Å². The SMILES string of the molecule is COCC(O)CNC(C)c1sc(C(C)C)nc1C. The lowest BCUT2D eigenvalue weighted by molar-refractivity contribution is 0.0631. The summed E-state index contributed by atoms with van der Waals surface area (Å²) in [5.74, 6) is 0.466. The molecule has 1 rings (SSSR count). The Bertz CT molecular complexity index is 366. The van der Waals surface area contributed by atoms with Crippen molar-refractivity contribution in [2.45, 2.75) is 45.8 Å². The number of aromatic nitrogens is 1. The molecule has 0 spiro atoms. The highest BCUT2D eigenvalue weighted by atomic mass is 32.1. The first kappa shape index (κ1) is 15.6. The molecule has 0 fully saturated rings. The average molecular weight is 272 g/mol. The molecule has 2 N–H and O–H groups in total. The van der Waals surface area contributed by atoms with Gasteiger partial charge in [0.15, 0.2) is 0 Å². The van der Waals surface area contributed by atoms with Crippen LogP contribution in [0.4, 0.5) is 0 Å². The minimum atomic E-state index is -0.463. The highest BCUT2D eigenvalue weighted by molar-refractivity contribution is 7.11. The number of hydrogen-bond donors (Lipinski definition) is 2. The highest BCUT2D eigenvalue weighted by Crippen LogP contribution is 2.29. The number of aliphatic hydroxyl groups excluding tert-OH is 1. The molecule has 2 atom stereocenters. The Hall–Kier alpha value is -0.490. The molecule has 1 heterocycles. The summed E-state index contributed by atoms with van der Waals surface area (Å²) in [4.78, 5) is 5.84. The maximum Gasteiger partial charge on any atom is 0.0956 e. The topological polar surface area (TPSA) is 54.4 Å². The molecule has 104 valence electrons. The Balaban J connectivity index is 2.58. The molecule has 4 nitrogen and oxygen atoms in total. The van der Waals surface area contributed by atoms with Crippen molar-refractivity contribution in [3.05, 3.63) is 15.6 Å². The van der Waals surface area contributed by atoms with Crippen molar-refractivity contribution in [2.24, 2.45) is 0 Å². The fraction of sp³-hybridized carbons (Fsp3) is 0.769. The van der Waals surface area contributed by atoms with E-state index in [-0.39, 0.29) is 6.04 Å². The van der Waals surface area contributed by atoms with E-state index in [0.717, 1.165) is 5.69 Å². The van der Waals surface area contributed by atoms with E-state index in [1.165, 1.54) is 9.88 Å². The zero-order valence-corrected chi connectivity index (χ0v) is 12.7. The number of nitrogens with one attached hydrogen (secondary N) is 1. The molecule has 0 aliphatic rings. The van der Waals surface area contributed by atoms with Gasteiger partial charge in [0.2, 0.25) is 0 Å². The van der Waals surface area contributed by atoms with E-state index in [0.29, 0.717) is 19.1 Å². The second-order valence-electron chi connectivity index (χ2n) is 4.90. The molecule has 0 aliphatic heterocycles. The number of methoxy groups -OCH3 is 1. The minimum absolute atomic E-state index is 0.210. The lowest BCUT2D eigenvalue weighted by atomic mass is 10.2. The van der Waals surface area contributed by atoms with Gasteiger partial charge in [0.25, 0.3) is 0 Å². The molecule has 5 heteroatoms. The van der Waals surface area contributed by atoms with Crippen LogP contribution in [0.25, 0.3) is 0 Å². The summed E-state index contributed by atoms with van der Waals surface area (Å²) < 4.78 is 4.90. The van der Waals surface area contributed by atoms with Gasteiger partial charge in [-0.1, -0.05) is 13.8 Å². The first-order valence-electron chi connectivity index (χ1n) is 6.33. The molecule has 0 saturated heterocycles. The Morgan fingerprint density at radius 3 is 2.56 bits per heavy atom. The predicted octanol–water partition coefficient (Wildman–Crippen LogP) is 2.23. The van der Waals surface area contributed by atoms with E-state index in [9.17, 15) is 5.11 Å². The highest BCUT2D eigenvalue weighted by Gasteiger charge is 2.16. The van der Waals surface area contributed by atoms with Crippen LogP contribution in [-0.2, 0) is 4.74 Å². The van der Waals surface area contributed by atoms with Gasteiger partial charge >= 0.3 is 0 Å². The molecule has 18 heavy (non-hydrogen) atoms. The standard InChI is InChI=1S/C13H24N2O2S/c1-8(2)13-15-10(4)12(18-13)9(3)14-6-11(16)7-17-5/h8-9,11,14,16H,6-7H2,1-5H3. The number of thiazole rings is 1. The molecule has 1 aromatic rings. The van der Waals surface area contributed by atoms with Crippen LogP contribution < -0.4 is 5.32 Å². The lowest BCUT2D eigenvalue weighted by Gasteiger charge is -2.16. The summed E-state index contributed by atoms with van der Waals surface area (Å²) in [6.45, 7) is 9.35. The molecular formula is C13H24N2O2S. The maximum atomic E-state index is 9.61. The number of nitrogens with zero attached hydrogens (tertiary/aromatic N) is 1. The Morgan fingerprint density at radius 1 is 1.39 bits per heavy atom. The van der Waals surface area contributed by atoms with Gasteiger partial charge in [0, 0.05) is 30.5 Å². The van der Waals surface area contributed by atoms with Crippen LogP contribution in [0, 0.1) is 6.92 Å². The lowest BCUT2D eigenvalue weighted by Crippen LogP contribution is -2.31. The van der Waals surface area contributed by atoms with Crippen LogP contribution in [0.2, 0.25) is 0 Å². The largest absolute Gasteiger partial charge is 0.389 e. The van der Waals surface area contributed by atoms with Crippen molar-refractivity contribution in [1.29, 1.82) is 0 Å². The maximum absolute atomic E-state index is 9.61. The van der Waals surface area contributed by atoms with Crippen LogP contribution in [0.15, 0.2) is 0 Å². The van der Waals surface area contributed by atoms with E-state index in [4.69, 9.17) is 4.74 Å². The summed E-state index contributed by atoms with van der Waals surface area (Å²) in [6, 6.07) is 0.210. The van der Waals surface area contributed by atoms with Gasteiger partial charge in [0.05, 0.1) is 23.4 Å². The van der Waals surface area contributed by atoms with Crippen molar-refractivity contribution in [1.82, 2.24) is 10.3 Å². The van der Waals surface area contributed by atoms with Gasteiger partial charge in [-0.05, 0) is 13.8 Å². The number of ether oxygens (including phenoxy) is 1. The molecule has 0 radical (unpaired) electrons. The average Bonchev–Trinajstić information content (AvgIpc) is 2.69. The fourth-order valence-electron chi connectivity index (χ4n) is 1.74. The second kappa shape index (κ2) is 7.19. The molecule has 2 unspecified atom stereocenters. The van der Waals surface area contributed by atoms with Crippen LogP contribution in [-0.4, -0.2) is 36.5 Å². The van der Waals surface area contributed by atoms with Gasteiger partial charge in [-0.2, -0.15) is 0 Å². The zero-order valence-electron chi connectivity index (χ0n) is 11.9. The van der Waals surface area contributed by atoms with Crippen molar-refractivity contribution in [3.63, 3.8) is 0 Å². The number of hydrogen-bond acceptors (Lipinski definition) is 5. The van der Waals surface area contributed by atoms with Crippen LogP contribution in [0.5, 0.6) is 0 Å². The monoisotopic (exact) mass is 272 g/mol. The predicted molar refractivity (Wildman–Crippen MR) is 75.2 cm³/mol. The molecule has 0 bridgehead atoms. The van der Waals surface area contributed by atoms with E-state index in [2.05, 4.69) is 31.1 Å². The Morgan fingerprint density at radius 2 is 2.06 bits per heavy atom. The first-order chi connectivity index (χ1) is 8.45. The Labute approximate surface area is 113 Å². The second-order valence-corrected chi connectivity index (χ2v) is 5.96. The normalized spacial score (nSPS) is 15.1. The molecule has 0 amide bonds.